The van der Waals surface area contributed by atoms with Crippen molar-refractivity contribution in [2.45, 2.75) is 39.0 Å². The molecule has 0 saturated carbocycles. The Morgan fingerprint density at radius 1 is 1.29 bits per heavy atom. The molecule has 0 bridgehead atoms. The fraction of sp³-hybridized carbons (Fsp3) is 0.471. The molecule has 0 spiro atoms. The molecule has 0 radical (unpaired) electrons. The summed E-state index contributed by atoms with van der Waals surface area (Å²) in [4.78, 5) is 26.0. The van der Waals surface area contributed by atoms with Gasteiger partial charge in [0.05, 0.1) is 5.69 Å². The smallest absolute Gasteiger partial charge is 0.348 e. The third kappa shape index (κ3) is 3.84. The highest BCUT2D eigenvalue weighted by Gasteiger charge is 2.18. The predicted molar refractivity (Wildman–Crippen MR) is 92.4 cm³/mol. The number of esters is 1. The molecule has 7 heteroatoms. The van der Waals surface area contributed by atoms with Crippen LogP contribution in [0.5, 0.6) is 0 Å². The SMILES string of the molecule is Cc1cc(NC(=O)COC(=O)c2cc3c(s2)CCCCC3)n(C)n1. The predicted octanol–water partition coefficient (Wildman–Crippen LogP) is 2.85. The number of nitrogens with zero attached hydrogens (tertiary/aromatic N) is 2. The van der Waals surface area contributed by atoms with Crippen molar-refractivity contribution in [2.24, 2.45) is 7.05 Å². The van der Waals surface area contributed by atoms with Crippen LogP contribution >= 0.6 is 11.3 Å². The van der Waals surface area contributed by atoms with E-state index in [9.17, 15) is 9.59 Å². The van der Waals surface area contributed by atoms with E-state index in [1.54, 1.807) is 17.8 Å². The molecule has 2 aromatic heterocycles. The minimum absolute atomic E-state index is 0.300. The molecule has 2 aromatic rings. The number of fused-ring (bicyclic) bond motifs is 1. The largest absolute Gasteiger partial charge is 0.451 e. The summed E-state index contributed by atoms with van der Waals surface area (Å²) < 4.78 is 6.72. The van der Waals surface area contributed by atoms with Crippen LogP contribution in [0.15, 0.2) is 12.1 Å². The van der Waals surface area contributed by atoms with Gasteiger partial charge in [0.15, 0.2) is 6.61 Å². The summed E-state index contributed by atoms with van der Waals surface area (Å²) in [5, 5.41) is 6.83. The van der Waals surface area contributed by atoms with Gasteiger partial charge in [-0.15, -0.1) is 11.3 Å². The molecule has 1 aliphatic rings. The van der Waals surface area contributed by atoms with Gasteiger partial charge in [-0.05, 0) is 44.2 Å². The first-order valence-corrected chi connectivity index (χ1v) is 8.94. The highest BCUT2D eigenvalue weighted by molar-refractivity contribution is 7.14. The number of amides is 1. The van der Waals surface area contributed by atoms with Crippen molar-refractivity contribution >= 4 is 29.0 Å². The second kappa shape index (κ2) is 7.17. The average molecular weight is 347 g/mol. The van der Waals surface area contributed by atoms with Crippen molar-refractivity contribution in [3.8, 4) is 0 Å². The molecule has 0 saturated heterocycles. The summed E-state index contributed by atoms with van der Waals surface area (Å²) in [5.41, 5.74) is 2.07. The van der Waals surface area contributed by atoms with Gasteiger partial charge in [0.2, 0.25) is 0 Å². The van der Waals surface area contributed by atoms with Crippen LogP contribution in [-0.2, 0) is 29.4 Å². The van der Waals surface area contributed by atoms with Gasteiger partial charge >= 0.3 is 5.97 Å². The van der Waals surface area contributed by atoms with E-state index in [1.807, 2.05) is 13.0 Å². The van der Waals surface area contributed by atoms with E-state index in [-0.39, 0.29) is 12.5 Å². The lowest BCUT2D eigenvalue weighted by atomic mass is 10.1. The number of aryl methyl sites for hydroxylation is 4. The molecule has 1 aliphatic carbocycles. The number of ether oxygens (including phenoxy) is 1. The van der Waals surface area contributed by atoms with Gasteiger partial charge in [0, 0.05) is 18.0 Å². The Balaban J connectivity index is 1.55. The minimum atomic E-state index is -0.426. The first-order chi connectivity index (χ1) is 11.5. The van der Waals surface area contributed by atoms with E-state index in [0.717, 1.165) is 18.5 Å². The summed E-state index contributed by atoms with van der Waals surface area (Å²) in [6.07, 6.45) is 5.65. The number of carbonyl (C=O) groups excluding carboxylic acids is 2. The van der Waals surface area contributed by atoms with Crippen LogP contribution in [0.1, 0.15) is 45.1 Å². The van der Waals surface area contributed by atoms with Crippen LogP contribution in [0.3, 0.4) is 0 Å². The van der Waals surface area contributed by atoms with Crippen molar-refractivity contribution in [3.63, 3.8) is 0 Å². The molecule has 24 heavy (non-hydrogen) atoms. The molecule has 0 atom stereocenters. The molecule has 1 amide bonds. The number of hydrogen-bond acceptors (Lipinski definition) is 5. The normalized spacial score (nSPS) is 13.9. The molecular weight excluding hydrogens is 326 g/mol. The van der Waals surface area contributed by atoms with Gasteiger partial charge in [-0.3, -0.25) is 9.48 Å². The Kier molecular flexibility index (Phi) is 4.99. The average Bonchev–Trinajstić information content (AvgIpc) is 3.00. The van der Waals surface area contributed by atoms with Crippen LogP contribution in [0, 0.1) is 6.92 Å². The van der Waals surface area contributed by atoms with E-state index < -0.39 is 5.97 Å². The van der Waals surface area contributed by atoms with Crippen molar-refractivity contribution < 1.29 is 14.3 Å². The lowest BCUT2D eigenvalue weighted by Crippen LogP contribution is -2.21. The van der Waals surface area contributed by atoms with Gasteiger partial charge in [-0.25, -0.2) is 4.79 Å². The fourth-order valence-electron chi connectivity index (χ4n) is 2.88. The van der Waals surface area contributed by atoms with Crippen molar-refractivity contribution in [1.29, 1.82) is 0 Å². The zero-order chi connectivity index (χ0) is 17.1. The summed E-state index contributed by atoms with van der Waals surface area (Å²) in [6.45, 7) is 1.54. The third-order valence-electron chi connectivity index (χ3n) is 4.05. The minimum Gasteiger partial charge on any atom is -0.451 e. The number of thiophene rings is 1. The number of hydrogen-bond donors (Lipinski definition) is 1. The Labute approximate surface area is 144 Å². The Bertz CT molecular complexity index is 740. The molecule has 128 valence electrons. The van der Waals surface area contributed by atoms with Crippen LogP contribution < -0.4 is 5.32 Å². The van der Waals surface area contributed by atoms with E-state index in [2.05, 4.69) is 10.4 Å². The second-order valence-corrected chi connectivity index (χ2v) is 7.18. The van der Waals surface area contributed by atoms with E-state index >= 15 is 0 Å². The zero-order valence-electron chi connectivity index (χ0n) is 13.9. The first kappa shape index (κ1) is 16.7. The van der Waals surface area contributed by atoms with Gasteiger partial charge < -0.3 is 10.1 Å². The third-order valence-corrected chi connectivity index (χ3v) is 5.27. The molecule has 0 aliphatic heterocycles. The van der Waals surface area contributed by atoms with Crippen LogP contribution in [0.2, 0.25) is 0 Å². The molecule has 0 fully saturated rings. The molecule has 1 N–H and O–H groups in total. The van der Waals surface area contributed by atoms with E-state index in [0.29, 0.717) is 10.7 Å². The highest BCUT2D eigenvalue weighted by atomic mass is 32.1. The number of rotatable bonds is 4. The lowest BCUT2D eigenvalue weighted by Gasteiger charge is -2.05. The number of carbonyl (C=O) groups is 2. The maximum atomic E-state index is 12.2. The monoisotopic (exact) mass is 347 g/mol. The van der Waals surface area contributed by atoms with E-state index in [4.69, 9.17) is 4.74 Å². The first-order valence-electron chi connectivity index (χ1n) is 8.12. The fourth-order valence-corrected chi connectivity index (χ4v) is 4.02. The van der Waals surface area contributed by atoms with Crippen molar-refractivity contribution in [3.05, 3.63) is 33.1 Å². The topological polar surface area (TPSA) is 73.2 Å². The standard InChI is InChI=1S/C17H21N3O3S/c1-11-8-15(20(2)19-11)18-16(21)10-23-17(22)14-9-12-6-4-3-5-7-13(12)24-14/h8-9H,3-7,10H2,1-2H3,(H,18,21). The van der Waals surface area contributed by atoms with Crippen LogP contribution in [-0.4, -0.2) is 28.3 Å². The molecule has 3 rings (SSSR count). The summed E-state index contributed by atoms with van der Waals surface area (Å²) in [6, 6.07) is 3.69. The summed E-state index contributed by atoms with van der Waals surface area (Å²) >= 11 is 1.50. The summed E-state index contributed by atoms with van der Waals surface area (Å²) in [5.74, 6) is -0.217. The number of nitrogens with one attached hydrogen (secondary N) is 1. The van der Waals surface area contributed by atoms with Crippen LogP contribution in [0.25, 0.3) is 0 Å². The lowest BCUT2D eigenvalue weighted by molar-refractivity contribution is -0.119. The van der Waals surface area contributed by atoms with Gasteiger partial charge in [0.1, 0.15) is 10.7 Å². The van der Waals surface area contributed by atoms with Gasteiger partial charge in [-0.2, -0.15) is 5.10 Å². The van der Waals surface area contributed by atoms with Crippen molar-refractivity contribution in [1.82, 2.24) is 9.78 Å². The van der Waals surface area contributed by atoms with E-state index in [1.165, 1.54) is 41.0 Å². The van der Waals surface area contributed by atoms with Crippen molar-refractivity contribution in [2.75, 3.05) is 11.9 Å². The molecule has 2 heterocycles. The zero-order valence-corrected chi connectivity index (χ0v) is 14.7. The molecule has 6 nitrogen and oxygen atoms in total. The maximum absolute atomic E-state index is 12.2. The molecule has 0 aromatic carbocycles. The Morgan fingerprint density at radius 3 is 2.83 bits per heavy atom. The quantitative estimate of drug-likeness (QED) is 0.682. The van der Waals surface area contributed by atoms with Gasteiger partial charge in [-0.1, -0.05) is 6.42 Å². The second-order valence-electron chi connectivity index (χ2n) is 6.04. The Hall–Kier alpha value is -2.15. The van der Waals surface area contributed by atoms with Gasteiger partial charge in [0.25, 0.3) is 5.91 Å². The van der Waals surface area contributed by atoms with Crippen LogP contribution in [0.4, 0.5) is 5.82 Å². The Morgan fingerprint density at radius 2 is 2.08 bits per heavy atom. The molecular formula is C17H21N3O3S. The number of aromatic nitrogens is 2. The highest BCUT2D eigenvalue weighted by Crippen LogP contribution is 2.29. The number of anilines is 1. The molecule has 0 unspecified atom stereocenters. The summed E-state index contributed by atoms with van der Waals surface area (Å²) in [7, 11) is 1.74. The maximum Gasteiger partial charge on any atom is 0.348 e.